The highest BCUT2D eigenvalue weighted by Gasteiger charge is 2.28. The minimum Gasteiger partial charge on any atom is -0.352 e. The Hall–Kier alpha value is -0.140. The van der Waals surface area contributed by atoms with Gasteiger partial charge in [-0.15, -0.1) is 0 Å². The Morgan fingerprint density at radius 3 is 2.44 bits per heavy atom. The van der Waals surface area contributed by atoms with E-state index >= 15 is 0 Å². The predicted molar refractivity (Wildman–Crippen MR) is 75.2 cm³/mol. The Kier molecular flexibility index (Phi) is 6.07. The molecule has 1 fully saturated rings. The number of carbonyl (C=O) groups excluding carboxylic acids is 1. The van der Waals surface area contributed by atoms with Crippen molar-refractivity contribution in [1.29, 1.82) is 0 Å². The Labute approximate surface area is 117 Å². The molecule has 0 radical (unpaired) electrons. The molecule has 0 aromatic rings. The molecular weight excluding hydrogens is 320 g/mol. The highest BCUT2D eigenvalue weighted by molar-refractivity contribution is 9.10. The predicted octanol–water partition coefficient (Wildman–Crippen LogP) is 1.09. The molecule has 1 unspecified atom stereocenters. The summed E-state index contributed by atoms with van der Waals surface area (Å²) in [5, 5.41) is 2.91. The smallest absolute Gasteiger partial charge is 0.233 e. The molecule has 0 aromatic heterocycles. The van der Waals surface area contributed by atoms with E-state index in [-0.39, 0.29) is 22.5 Å². The van der Waals surface area contributed by atoms with Gasteiger partial charge in [-0.25, -0.2) is 12.7 Å². The fourth-order valence-corrected chi connectivity index (χ4v) is 3.65. The van der Waals surface area contributed by atoms with Crippen LogP contribution in [0.2, 0.25) is 0 Å². The Morgan fingerprint density at radius 1 is 1.44 bits per heavy atom. The lowest BCUT2D eigenvalue weighted by atomic mass is 10.1. The normalized spacial score (nSPS) is 20.6. The molecule has 1 rings (SSSR count). The van der Waals surface area contributed by atoms with E-state index in [0.717, 1.165) is 0 Å². The van der Waals surface area contributed by atoms with Crippen LogP contribution < -0.4 is 5.32 Å². The van der Waals surface area contributed by atoms with Gasteiger partial charge in [0.2, 0.25) is 15.9 Å². The van der Waals surface area contributed by atoms with Crippen LogP contribution in [0, 0.1) is 0 Å². The number of alkyl halides is 1. The first-order chi connectivity index (χ1) is 8.36. The van der Waals surface area contributed by atoms with Crippen LogP contribution in [0.5, 0.6) is 0 Å². The lowest BCUT2D eigenvalue weighted by Crippen LogP contribution is -2.48. The quantitative estimate of drug-likeness (QED) is 0.762. The monoisotopic (exact) mass is 340 g/mol. The van der Waals surface area contributed by atoms with Gasteiger partial charge >= 0.3 is 0 Å². The van der Waals surface area contributed by atoms with Gasteiger partial charge in [-0.05, 0) is 26.2 Å². The number of sulfonamides is 1. The summed E-state index contributed by atoms with van der Waals surface area (Å²) in [5.41, 5.74) is 0. The van der Waals surface area contributed by atoms with Crippen molar-refractivity contribution < 1.29 is 13.2 Å². The van der Waals surface area contributed by atoms with E-state index in [0.29, 0.717) is 32.4 Å². The lowest BCUT2D eigenvalue weighted by Gasteiger charge is -2.31. The lowest BCUT2D eigenvalue weighted by molar-refractivity contribution is -0.121. The summed E-state index contributed by atoms with van der Waals surface area (Å²) in [4.78, 5) is 11.3. The van der Waals surface area contributed by atoms with Crippen molar-refractivity contribution >= 4 is 31.9 Å². The van der Waals surface area contributed by atoms with Crippen LogP contribution in [-0.4, -0.2) is 48.3 Å². The first-order valence-corrected chi connectivity index (χ1v) is 8.81. The topological polar surface area (TPSA) is 66.5 Å². The Balaban J connectivity index is 2.44. The van der Waals surface area contributed by atoms with Crippen molar-refractivity contribution in [3.8, 4) is 0 Å². The van der Waals surface area contributed by atoms with Crippen LogP contribution in [0.4, 0.5) is 0 Å². The van der Waals surface area contributed by atoms with E-state index in [1.54, 1.807) is 6.92 Å². The highest BCUT2D eigenvalue weighted by Crippen LogP contribution is 2.15. The molecule has 18 heavy (non-hydrogen) atoms. The van der Waals surface area contributed by atoms with Gasteiger partial charge < -0.3 is 5.32 Å². The summed E-state index contributed by atoms with van der Waals surface area (Å²) in [7, 11) is -3.09. The van der Waals surface area contributed by atoms with Gasteiger partial charge in [-0.3, -0.25) is 4.79 Å². The van der Waals surface area contributed by atoms with Crippen molar-refractivity contribution in [2.45, 2.75) is 44.0 Å². The summed E-state index contributed by atoms with van der Waals surface area (Å²) in [6.07, 6.45) is 2.02. The molecule has 0 aromatic carbocycles. The molecule has 0 bridgehead atoms. The SMILES string of the molecule is CCCS(=O)(=O)N1CCC(NC(=O)C(C)Br)CC1. The Bertz CT molecular complexity index is 376. The summed E-state index contributed by atoms with van der Waals surface area (Å²) in [5.74, 6) is 0.174. The van der Waals surface area contributed by atoms with Crippen molar-refractivity contribution in [2.24, 2.45) is 0 Å². The third kappa shape index (κ3) is 4.51. The number of amides is 1. The van der Waals surface area contributed by atoms with Crippen LogP contribution in [0.3, 0.4) is 0 Å². The molecule has 0 saturated carbocycles. The number of nitrogens with zero attached hydrogens (tertiary/aromatic N) is 1. The second kappa shape index (κ2) is 6.86. The van der Waals surface area contributed by atoms with E-state index in [1.807, 2.05) is 6.92 Å². The van der Waals surface area contributed by atoms with Gasteiger partial charge in [0.1, 0.15) is 0 Å². The molecule has 1 heterocycles. The second-order valence-corrected chi connectivity index (χ2v) is 8.08. The number of hydrogen-bond donors (Lipinski definition) is 1. The largest absolute Gasteiger partial charge is 0.352 e. The average molecular weight is 341 g/mol. The number of carbonyl (C=O) groups is 1. The van der Waals surface area contributed by atoms with E-state index < -0.39 is 10.0 Å². The van der Waals surface area contributed by atoms with Gasteiger partial charge in [0.25, 0.3) is 0 Å². The van der Waals surface area contributed by atoms with E-state index in [9.17, 15) is 13.2 Å². The standard InChI is InChI=1S/C11H21BrN2O3S/c1-3-8-18(16,17)14-6-4-10(5-7-14)13-11(15)9(2)12/h9-10H,3-8H2,1-2H3,(H,13,15). The Morgan fingerprint density at radius 2 is 2.00 bits per heavy atom. The summed E-state index contributed by atoms with van der Waals surface area (Å²) < 4.78 is 25.2. The van der Waals surface area contributed by atoms with Gasteiger partial charge in [0.15, 0.2) is 0 Å². The van der Waals surface area contributed by atoms with E-state index in [2.05, 4.69) is 21.2 Å². The fraction of sp³-hybridized carbons (Fsp3) is 0.909. The number of rotatable bonds is 5. The number of hydrogen-bond acceptors (Lipinski definition) is 3. The number of halogens is 1. The van der Waals surface area contributed by atoms with Crippen molar-refractivity contribution in [2.75, 3.05) is 18.8 Å². The molecule has 1 amide bonds. The van der Waals surface area contributed by atoms with E-state index in [4.69, 9.17) is 0 Å². The summed E-state index contributed by atoms with van der Waals surface area (Å²) in [6.45, 7) is 4.64. The van der Waals surface area contributed by atoms with Gasteiger partial charge in [-0.1, -0.05) is 22.9 Å². The zero-order valence-electron chi connectivity index (χ0n) is 10.9. The van der Waals surface area contributed by atoms with Crippen LogP contribution >= 0.6 is 15.9 Å². The summed E-state index contributed by atoms with van der Waals surface area (Å²) in [6, 6.07) is 0.0885. The van der Waals surface area contributed by atoms with Gasteiger partial charge in [0.05, 0.1) is 10.6 Å². The van der Waals surface area contributed by atoms with E-state index in [1.165, 1.54) is 4.31 Å². The molecular formula is C11H21BrN2O3S. The van der Waals surface area contributed by atoms with Crippen LogP contribution in [0.1, 0.15) is 33.1 Å². The maximum Gasteiger partial charge on any atom is 0.233 e. The molecule has 0 spiro atoms. The molecule has 0 aliphatic carbocycles. The van der Waals surface area contributed by atoms with Crippen LogP contribution in [0.25, 0.3) is 0 Å². The van der Waals surface area contributed by atoms with Gasteiger partial charge in [0, 0.05) is 19.1 Å². The van der Waals surface area contributed by atoms with Crippen molar-refractivity contribution in [1.82, 2.24) is 9.62 Å². The molecule has 106 valence electrons. The molecule has 5 nitrogen and oxygen atoms in total. The molecule has 7 heteroatoms. The maximum atomic E-state index is 11.9. The minimum atomic E-state index is -3.09. The third-order valence-corrected chi connectivity index (χ3v) is 5.51. The summed E-state index contributed by atoms with van der Waals surface area (Å²) >= 11 is 3.21. The van der Waals surface area contributed by atoms with Crippen molar-refractivity contribution in [3.05, 3.63) is 0 Å². The molecule has 1 saturated heterocycles. The first kappa shape index (κ1) is 15.9. The fourth-order valence-electron chi connectivity index (χ4n) is 1.98. The van der Waals surface area contributed by atoms with Crippen molar-refractivity contribution in [3.63, 3.8) is 0 Å². The maximum absolute atomic E-state index is 11.9. The minimum absolute atomic E-state index is 0.0372. The average Bonchev–Trinajstić information content (AvgIpc) is 2.29. The molecule has 1 aliphatic heterocycles. The number of piperidine rings is 1. The second-order valence-electron chi connectivity index (χ2n) is 4.61. The zero-order chi connectivity index (χ0) is 13.8. The van der Waals surface area contributed by atoms with Crippen LogP contribution in [0.15, 0.2) is 0 Å². The first-order valence-electron chi connectivity index (χ1n) is 6.29. The molecule has 1 N–H and O–H groups in total. The molecule has 1 atom stereocenters. The zero-order valence-corrected chi connectivity index (χ0v) is 13.3. The van der Waals surface area contributed by atoms with Gasteiger partial charge in [-0.2, -0.15) is 0 Å². The third-order valence-electron chi connectivity index (χ3n) is 3.02. The molecule has 1 aliphatic rings. The number of nitrogens with one attached hydrogen (secondary N) is 1. The van der Waals surface area contributed by atoms with Crippen LogP contribution in [-0.2, 0) is 14.8 Å². The highest BCUT2D eigenvalue weighted by atomic mass is 79.9.